The predicted molar refractivity (Wildman–Crippen MR) is 103 cm³/mol. The predicted octanol–water partition coefficient (Wildman–Crippen LogP) is 3.60. The molecule has 0 aromatic carbocycles. The Morgan fingerprint density at radius 3 is 2.68 bits per heavy atom. The van der Waals surface area contributed by atoms with Gasteiger partial charge in [0.15, 0.2) is 0 Å². The third-order valence-corrected chi connectivity index (χ3v) is 4.82. The lowest BCUT2D eigenvalue weighted by Crippen LogP contribution is -2.55. The van der Waals surface area contributed by atoms with Crippen LogP contribution in [0, 0.1) is 13.8 Å². The number of carbonyl (C=O) groups excluding carboxylic acids is 1. The van der Waals surface area contributed by atoms with Gasteiger partial charge in [-0.05, 0) is 61.0 Å². The molecule has 0 saturated carbocycles. The average molecular weight is 404 g/mol. The molecule has 132 valence electrons. The van der Waals surface area contributed by atoms with E-state index in [9.17, 15) is 4.79 Å². The summed E-state index contributed by atoms with van der Waals surface area (Å²) in [6, 6.07) is 9.73. The van der Waals surface area contributed by atoms with Gasteiger partial charge in [-0.2, -0.15) is 0 Å². The molecular formula is C18H22BrN5O. The van der Waals surface area contributed by atoms with E-state index in [2.05, 4.69) is 43.0 Å². The summed E-state index contributed by atoms with van der Waals surface area (Å²) >= 11 is 3.34. The van der Waals surface area contributed by atoms with Crippen molar-refractivity contribution >= 4 is 33.5 Å². The SMILES string of the molecule is Cc1cccc(N2CCN(C(=O)Nc3ccc(Br)nc3C)[C@@H](C)C2)n1. The number of nitrogens with zero attached hydrogens (tertiary/aromatic N) is 4. The molecule has 6 nitrogen and oxygen atoms in total. The van der Waals surface area contributed by atoms with Crippen molar-refractivity contribution in [1.82, 2.24) is 14.9 Å². The molecule has 25 heavy (non-hydrogen) atoms. The monoisotopic (exact) mass is 403 g/mol. The van der Waals surface area contributed by atoms with E-state index < -0.39 is 0 Å². The van der Waals surface area contributed by atoms with Gasteiger partial charge in [0.2, 0.25) is 0 Å². The number of carbonyl (C=O) groups is 1. The van der Waals surface area contributed by atoms with Gasteiger partial charge in [-0.25, -0.2) is 14.8 Å². The van der Waals surface area contributed by atoms with Crippen molar-refractivity contribution in [2.24, 2.45) is 0 Å². The molecule has 2 aromatic rings. The molecule has 1 aliphatic heterocycles. The van der Waals surface area contributed by atoms with Crippen LogP contribution in [0.1, 0.15) is 18.3 Å². The second-order valence-electron chi connectivity index (χ2n) is 6.32. The third-order valence-electron chi connectivity index (χ3n) is 4.38. The fourth-order valence-corrected chi connectivity index (χ4v) is 3.42. The highest BCUT2D eigenvalue weighted by Crippen LogP contribution is 2.20. The van der Waals surface area contributed by atoms with Gasteiger partial charge in [0, 0.05) is 31.4 Å². The van der Waals surface area contributed by atoms with E-state index in [1.54, 1.807) is 0 Å². The lowest BCUT2D eigenvalue weighted by Gasteiger charge is -2.40. The Morgan fingerprint density at radius 1 is 1.20 bits per heavy atom. The van der Waals surface area contributed by atoms with Gasteiger partial charge in [-0.3, -0.25) is 0 Å². The number of hydrogen-bond donors (Lipinski definition) is 1. The Kier molecular flexibility index (Phi) is 5.22. The first-order valence-corrected chi connectivity index (χ1v) is 9.12. The highest BCUT2D eigenvalue weighted by molar-refractivity contribution is 9.10. The summed E-state index contributed by atoms with van der Waals surface area (Å²) in [5, 5.41) is 2.97. The molecule has 1 N–H and O–H groups in total. The highest BCUT2D eigenvalue weighted by Gasteiger charge is 2.28. The minimum absolute atomic E-state index is 0.0865. The first-order valence-electron chi connectivity index (χ1n) is 8.33. The van der Waals surface area contributed by atoms with Crippen LogP contribution in [0.15, 0.2) is 34.9 Å². The van der Waals surface area contributed by atoms with Crippen LogP contribution in [0.4, 0.5) is 16.3 Å². The number of hydrogen-bond acceptors (Lipinski definition) is 4. The molecule has 2 amide bonds. The Morgan fingerprint density at radius 2 is 2.00 bits per heavy atom. The molecule has 3 rings (SSSR count). The molecule has 3 heterocycles. The van der Waals surface area contributed by atoms with Crippen LogP contribution in [0.5, 0.6) is 0 Å². The molecular weight excluding hydrogens is 382 g/mol. The van der Waals surface area contributed by atoms with Crippen LogP contribution >= 0.6 is 15.9 Å². The molecule has 0 radical (unpaired) electrons. The molecule has 1 fully saturated rings. The maximum Gasteiger partial charge on any atom is 0.322 e. The number of pyridine rings is 2. The molecule has 1 atom stereocenters. The molecule has 1 aliphatic rings. The summed E-state index contributed by atoms with van der Waals surface area (Å²) in [5.74, 6) is 0.972. The zero-order valence-corrected chi connectivity index (χ0v) is 16.2. The normalized spacial score (nSPS) is 17.5. The summed E-state index contributed by atoms with van der Waals surface area (Å²) < 4.78 is 0.760. The molecule has 0 unspecified atom stereocenters. The average Bonchev–Trinajstić information content (AvgIpc) is 2.57. The van der Waals surface area contributed by atoms with Crippen LogP contribution < -0.4 is 10.2 Å². The number of aromatic nitrogens is 2. The number of halogens is 1. The molecule has 2 aromatic heterocycles. The fraction of sp³-hybridized carbons (Fsp3) is 0.389. The lowest BCUT2D eigenvalue weighted by molar-refractivity contribution is 0.184. The van der Waals surface area contributed by atoms with Crippen molar-refractivity contribution in [3.05, 3.63) is 46.3 Å². The van der Waals surface area contributed by atoms with E-state index in [4.69, 9.17) is 0 Å². The van der Waals surface area contributed by atoms with E-state index in [1.807, 2.05) is 49.1 Å². The van der Waals surface area contributed by atoms with Crippen LogP contribution in [0.2, 0.25) is 0 Å². The largest absolute Gasteiger partial charge is 0.353 e. The van der Waals surface area contributed by atoms with E-state index in [-0.39, 0.29) is 12.1 Å². The molecule has 7 heteroatoms. The maximum absolute atomic E-state index is 12.7. The minimum atomic E-state index is -0.0865. The number of piperazine rings is 1. The van der Waals surface area contributed by atoms with Crippen molar-refractivity contribution in [1.29, 1.82) is 0 Å². The summed E-state index contributed by atoms with van der Waals surface area (Å²) in [4.78, 5) is 25.7. The van der Waals surface area contributed by atoms with Crippen LogP contribution in [0.25, 0.3) is 0 Å². The molecule has 1 saturated heterocycles. The zero-order chi connectivity index (χ0) is 18.0. The van der Waals surface area contributed by atoms with Crippen LogP contribution in [0.3, 0.4) is 0 Å². The Hall–Kier alpha value is -2.15. The quantitative estimate of drug-likeness (QED) is 0.778. The summed E-state index contributed by atoms with van der Waals surface area (Å²) in [6.45, 7) is 8.13. The Bertz CT molecular complexity index is 782. The summed E-state index contributed by atoms with van der Waals surface area (Å²) in [5.41, 5.74) is 2.53. The van der Waals surface area contributed by atoms with Crippen LogP contribution in [-0.4, -0.2) is 46.6 Å². The van der Waals surface area contributed by atoms with E-state index >= 15 is 0 Å². The number of urea groups is 1. The van der Waals surface area contributed by atoms with Gasteiger partial charge < -0.3 is 15.1 Å². The van der Waals surface area contributed by atoms with Gasteiger partial charge in [0.25, 0.3) is 0 Å². The zero-order valence-electron chi connectivity index (χ0n) is 14.7. The van der Waals surface area contributed by atoms with Gasteiger partial charge in [0.1, 0.15) is 10.4 Å². The second-order valence-corrected chi connectivity index (χ2v) is 7.14. The highest BCUT2D eigenvalue weighted by atomic mass is 79.9. The number of anilines is 2. The second kappa shape index (κ2) is 7.39. The van der Waals surface area contributed by atoms with E-state index in [1.165, 1.54) is 0 Å². The molecule has 0 aliphatic carbocycles. The van der Waals surface area contributed by atoms with Gasteiger partial charge in [-0.1, -0.05) is 6.07 Å². The van der Waals surface area contributed by atoms with Crippen molar-refractivity contribution in [3.63, 3.8) is 0 Å². The first-order chi connectivity index (χ1) is 11.9. The van der Waals surface area contributed by atoms with Crippen molar-refractivity contribution < 1.29 is 4.79 Å². The fourth-order valence-electron chi connectivity index (χ4n) is 3.02. The van der Waals surface area contributed by atoms with E-state index in [0.717, 1.165) is 40.6 Å². The number of rotatable bonds is 2. The van der Waals surface area contributed by atoms with Gasteiger partial charge in [0.05, 0.1) is 11.4 Å². The Labute approximate surface area is 156 Å². The van der Waals surface area contributed by atoms with Crippen molar-refractivity contribution in [2.75, 3.05) is 29.9 Å². The minimum Gasteiger partial charge on any atom is -0.353 e. The van der Waals surface area contributed by atoms with Crippen molar-refractivity contribution in [2.45, 2.75) is 26.8 Å². The van der Waals surface area contributed by atoms with Crippen LogP contribution in [-0.2, 0) is 0 Å². The third kappa shape index (κ3) is 4.10. The molecule has 0 bridgehead atoms. The molecule has 0 spiro atoms. The number of nitrogens with one attached hydrogen (secondary N) is 1. The van der Waals surface area contributed by atoms with Gasteiger partial charge in [-0.15, -0.1) is 0 Å². The number of aryl methyl sites for hydroxylation is 2. The Balaban J connectivity index is 1.65. The lowest BCUT2D eigenvalue weighted by atomic mass is 10.2. The maximum atomic E-state index is 12.7. The van der Waals surface area contributed by atoms with Gasteiger partial charge >= 0.3 is 6.03 Å². The standard InChI is InChI=1S/C18H22BrN5O/c1-12-5-4-6-17(20-12)23-9-10-24(13(2)11-23)18(25)22-15-7-8-16(19)21-14(15)3/h4-8,13H,9-11H2,1-3H3,(H,22,25)/t13-/m0/s1. The smallest absolute Gasteiger partial charge is 0.322 e. The first kappa shape index (κ1) is 17.7. The summed E-state index contributed by atoms with van der Waals surface area (Å²) in [7, 11) is 0. The van der Waals surface area contributed by atoms with E-state index in [0.29, 0.717) is 6.54 Å². The van der Waals surface area contributed by atoms with Crippen molar-refractivity contribution in [3.8, 4) is 0 Å². The summed E-state index contributed by atoms with van der Waals surface area (Å²) in [6.07, 6.45) is 0. The number of amides is 2. The topological polar surface area (TPSA) is 61.4 Å².